The molecule has 1 aliphatic rings. The number of likely N-dealkylation sites (N-methyl/N-ethyl adjacent to an activating group) is 1. The molecule has 5 heteroatoms. The molecule has 1 amide bonds. The van der Waals surface area contributed by atoms with E-state index in [0.717, 1.165) is 54.9 Å². The fourth-order valence-electron chi connectivity index (χ4n) is 4.80. The molecule has 1 N–H and O–H groups in total. The number of hydrogen-bond acceptors (Lipinski definition) is 4. The molecule has 0 radical (unpaired) electrons. The summed E-state index contributed by atoms with van der Waals surface area (Å²) in [5.74, 6) is 0.402. The van der Waals surface area contributed by atoms with Gasteiger partial charge in [0.15, 0.2) is 0 Å². The highest BCUT2D eigenvalue weighted by atomic mass is 16.5. The summed E-state index contributed by atoms with van der Waals surface area (Å²) < 4.78 is 6.41. The summed E-state index contributed by atoms with van der Waals surface area (Å²) in [5, 5.41) is 3.23. The average Bonchev–Trinajstić information content (AvgIpc) is 3.04. The van der Waals surface area contributed by atoms with Crippen molar-refractivity contribution in [3.63, 3.8) is 0 Å². The second-order valence-corrected chi connectivity index (χ2v) is 10.1. The van der Waals surface area contributed by atoms with Crippen LogP contribution in [0, 0.1) is 5.92 Å². The second-order valence-electron chi connectivity index (χ2n) is 10.1. The Balaban J connectivity index is 1.87. The Kier molecular flexibility index (Phi) is 11.0. The number of hydrogen-bond donors (Lipinski definition) is 1. The zero-order valence-corrected chi connectivity index (χ0v) is 23.6. The van der Waals surface area contributed by atoms with Crippen molar-refractivity contribution < 1.29 is 9.53 Å². The van der Waals surface area contributed by atoms with Gasteiger partial charge in [0.2, 0.25) is 0 Å². The molecular formula is C32H45N3O2. The van der Waals surface area contributed by atoms with Gasteiger partial charge < -0.3 is 19.9 Å². The summed E-state index contributed by atoms with van der Waals surface area (Å²) in [7, 11) is 4.08. The average molecular weight is 504 g/mol. The molecule has 2 atom stereocenters. The lowest BCUT2D eigenvalue weighted by Gasteiger charge is -2.26. The Morgan fingerprint density at radius 1 is 1.11 bits per heavy atom. The Labute approximate surface area is 224 Å². The molecule has 2 aromatic rings. The first kappa shape index (κ1) is 28.7. The van der Waals surface area contributed by atoms with Gasteiger partial charge in [0.1, 0.15) is 0 Å². The molecule has 0 spiro atoms. The minimum atomic E-state index is 0.0144. The molecular weight excluding hydrogens is 458 g/mol. The molecule has 2 unspecified atom stereocenters. The Bertz CT molecular complexity index is 1080. The van der Waals surface area contributed by atoms with E-state index in [9.17, 15) is 4.79 Å². The van der Waals surface area contributed by atoms with E-state index in [4.69, 9.17) is 4.74 Å². The maximum absolute atomic E-state index is 14.0. The number of amides is 1. The van der Waals surface area contributed by atoms with Gasteiger partial charge in [-0.05, 0) is 75.0 Å². The molecule has 37 heavy (non-hydrogen) atoms. The zero-order valence-electron chi connectivity index (χ0n) is 23.6. The number of allylic oxidation sites excluding steroid dienone is 2. The van der Waals surface area contributed by atoms with Crippen molar-refractivity contribution in [2.75, 3.05) is 38.6 Å². The molecule has 2 aromatic carbocycles. The van der Waals surface area contributed by atoms with Gasteiger partial charge in [0.25, 0.3) is 5.91 Å². The van der Waals surface area contributed by atoms with E-state index in [1.54, 1.807) is 0 Å². The van der Waals surface area contributed by atoms with Crippen molar-refractivity contribution in [3.8, 4) is 0 Å². The summed E-state index contributed by atoms with van der Waals surface area (Å²) in [4.78, 5) is 18.2. The molecule has 5 nitrogen and oxygen atoms in total. The first-order valence-corrected chi connectivity index (χ1v) is 13.7. The first-order chi connectivity index (χ1) is 17.9. The topological polar surface area (TPSA) is 44.8 Å². The lowest BCUT2D eigenvalue weighted by atomic mass is 9.96. The van der Waals surface area contributed by atoms with Gasteiger partial charge >= 0.3 is 0 Å². The van der Waals surface area contributed by atoms with E-state index in [-0.39, 0.29) is 12.0 Å². The molecule has 0 fully saturated rings. The standard InChI is InChI=1S/C32H45N3O2/c1-7-24(3)21-29-31(25(4)8-2)34(6)19-20-35(32(29)36)28-16-12-13-26(22-28)23-37-30(17-18-33-5)27-14-10-9-11-15-27/h9-16,21-22,25,30,33H,7-8,17-20,23H2,1-6H3/b24-21-. The van der Waals surface area contributed by atoms with E-state index >= 15 is 0 Å². The zero-order chi connectivity index (χ0) is 26.8. The van der Waals surface area contributed by atoms with E-state index < -0.39 is 0 Å². The maximum Gasteiger partial charge on any atom is 0.260 e. The van der Waals surface area contributed by atoms with Gasteiger partial charge in [0, 0.05) is 31.5 Å². The number of nitrogens with zero attached hydrogens (tertiary/aromatic N) is 2. The Hall–Kier alpha value is -2.89. The van der Waals surface area contributed by atoms with Gasteiger partial charge in [0.05, 0.1) is 18.3 Å². The van der Waals surface area contributed by atoms with Crippen LogP contribution in [0.3, 0.4) is 0 Å². The second kappa shape index (κ2) is 14.2. The van der Waals surface area contributed by atoms with Crippen LogP contribution >= 0.6 is 0 Å². The SMILES string of the molecule is CC/C(C)=C\C1=C(C(C)CC)N(C)CCN(c2cccc(COC(CCNC)c3ccccc3)c2)C1=O. The molecule has 1 heterocycles. The quantitative estimate of drug-likeness (QED) is 0.360. The van der Waals surface area contributed by atoms with Crippen LogP contribution < -0.4 is 10.2 Å². The van der Waals surface area contributed by atoms with Crippen molar-refractivity contribution in [3.05, 3.63) is 88.6 Å². The third-order valence-corrected chi connectivity index (χ3v) is 7.35. The van der Waals surface area contributed by atoms with Gasteiger partial charge in [-0.1, -0.05) is 68.8 Å². The van der Waals surface area contributed by atoms with Crippen LogP contribution in [0.4, 0.5) is 5.69 Å². The van der Waals surface area contributed by atoms with Gasteiger partial charge in [-0.15, -0.1) is 0 Å². The maximum atomic E-state index is 14.0. The van der Waals surface area contributed by atoms with Crippen LogP contribution in [0.1, 0.15) is 64.2 Å². The van der Waals surface area contributed by atoms with Gasteiger partial charge in [-0.2, -0.15) is 0 Å². The number of rotatable bonds is 12. The number of anilines is 1. The number of carbonyl (C=O) groups is 1. The van der Waals surface area contributed by atoms with Gasteiger partial charge in [-0.25, -0.2) is 0 Å². The number of nitrogens with one attached hydrogen (secondary N) is 1. The van der Waals surface area contributed by atoms with Crippen molar-refractivity contribution in [2.24, 2.45) is 5.92 Å². The molecule has 200 valence electrons. The van der Waals surface area contributed by atoms with E-state index in [1.165, 1.54) is 11.1 Å². The normalized spacial score (nSPS) is 16.7. The molecule has 0 aliphatic carbocycles. The molecule has 3 rings (SSSR count). The minimum absolute atomic E-state index is 0.0144. The molecule has 0 aromatic heterocycles. The molecule has 0 saturated carbocycles. The summed E-state index contributed by atoms with van der Waals surface area (Å²) >= 11 is 0. The van der Waals surface area contributed by atoms with Crippen LogP contribution in [0.5, 0.6) is 0 Å². The van der Waals surface area contributed by atoms with Crippen LogP contribution in [-0.2, 0) is 16.1 Å². The number of ether oxygens (including phenoxy) is 1. The van der Waals surface area contributed by atoms with Crippen LogP contribution in [0.2, 0.25) is 0 Å². The highest BCUT2D eigenvalue weighted by Gasteiger charge is 2.29. The van der Waals surface area contributed by atoms with E-state index in [1.807, 2.05) is 30.1 Å². The summed E-state index contributed by atoms with van der Waals surface area (Å²) in [6, 6.07) is 18.7. The predicted molar refractivity (Wildman–Crippen MR) is 154 cm³/mol. The van der Waals surface area contributed by atoms with Crippen molar-refractivity contribution >= 4 is 11.6 Å². The summed E-state index contributed by atoms with van der Waals surface area (Å²) in [5.41, 5.74) is 6.38. The first-order valence-electron chi connectivity index (χ1n) is 13.7. The highest BCUT2D eigenvalue weighted by Crippen LogP contribution is 2.30. The lowest BCUT2D eigenvalue weighted by molar-refractivity contribution is -0.114. The highest BCUT2D eigenvalue weighted by molar-refractivity contribution is 6.08. The summed E-state index contributed by atoms with van der Waals surface area (Å²) in [6.45, 7) is 11.5. The lowest BCUT2D eigenvalue weighted by Crippen LogP contribution is -2.34. The number of benzene rings is 2. The fraction of sp³-hybridized carbons (Fsp3) is 0.469. The molecule has 1 aliphatic heterocycles. The van der Waals surface area contributed by atoms with Crippen LogP contribution in [-0.4, -0.2) is 44.5 Å². The third-order valence-electron chi connectivity index (χ3n) is 7.35. The van der Waals surface area contributed by atoms with Crippen LogP contribution in [0.15, 0.2) is 77.5 Å². The Morgan fingerprint density at radius 2 is 1.86 bits per heavy atom. The summed E-state index contributed by atoms with van der Waals surface area (Å²) in [6.07, 6.45) is 4.95. The largest absolute Gasteiger partial charge is 0.375 e. The molecule has 0 saturated heterocycles. The molecule has 0 bridgehead atoms. The van der Waals surface area contributed by atoms with E-state index in [0.29, 0.717) is 19.1 Å². The minimum Gasteiger partial charge on any atom is -0.375 e. The smallest absolute Gasteiger partial charge is 0.260 e. The third kappa shape index (κ3) is 7.56. The predicted octanol–water partition coefficient (Wildman–Crippen LogP) is 6.49. The Morgan fingerprint density at radius 3 is 2.54 bits per heavy atom. The monoisotopic (exact) mass is 503 g/mol. The van der Waals surface area contributed by atoms with Crippen molar-refractivity contribution in [2.45, 2.75) is 59.7 Å². The van der Waals surface area contributed by atoms with Crippen molar-refractivity contribution in [1.29, 1.82) is 0 Å². The number of carbonyl (C=O) groups excluding carboxylic acids is 1. The van der Waals surface area contributed by atoms with Crippen molar-refractivity contribution in [1.82, 2.24) is 10.2 Å². The van der Waals surface area contributed by atoms with E-state index in [2.05, 4.69) is 87.4 Å². The fourth-order valence-corrected chi connectivity index (χ4v) is 4.80. The van der Waals surface area contributed by atoms with Gasteiger partial charge in [-0.3, -0.25) is 4.79 Å². The van der Waals surface area contributed by atoms with Crippen LogP contribution in [0.25, 0.3) is 0 Å².